The number of carbonyl (C=O) groups excluding carboxylic acids is 2. The molecule has 2 amide bonds. The third-order valence-electron chi connectivity index (χ3n) is 9.16. The SMILES string of the molecule is C#CCOc1cc(-n2nc3n(c2=O)CCCC3)c(Cl)cc1Cl.CC1(C)OC(c2ccco2)CN1C(=O)C(Cl)Cl.CCc1cccc(CC)c1N(COC)C(=O)CCl. The van der Waals surface area contributed by atoms with E-state index in [1.165, 1.54) is 15.6 Å². The van der Waals surface area contributed by atoms with Crippen molar-refractivity contribution in [2.75, 3.05) is 37.8 Å². The molecule has 0 radical (unpaired) electrons. The van der Waals surface area contributed by atoms with Crippen LogP contribution in [0.1, 0.15) is 69.4 Å². The zero-order valence-electron chi connectivity index (χ0n) is 32.4. The average molecular weight is 886 g/mol. The van der Waals surface area contributed by atoms with Crippen LogP contribution in [0.5, 0.6) is 5.75 Å². The van der Waals surface area contributed by atoms with Crippen molar-refractivity contribution in [3.63, 3.8) is 0 Å². The van der Waals surface area contributed by atoms with Gasteiger partial charge in [0, 0.05) is 26.1 Å². The zero-order chi connectivity index (χ0) is 41.9. The van der Waals surface area contributed by atoms with Crippen LogP contribution < -0.4 is 15.3 Å². The van der Waals surface area contributed by atoms with Gasteiger partial charge in [0.15, 0.2) is 4.84 Å². The first-order valence-electron chi connectivity index (χ1n) is 18.2. The van der Waals surface area contributed by atoms with Gasteiger partial charge < -0.3 is 23.5 Å². The van der Waals surface area contributed by atoms with Crippen LogP contribution in [0.2, 0.25) is 10.0 Å². The molecule has 0 bridgehead atoms. The molecule has 0 N–H and O–H groups in total. The van der Waals surface area contributed by atoms with Crippen LogP contribution in [-0.2, 0) is 44.9 Å². The van der Waals surface area contributed by atoms with Gasteiger partial charge in [0.05, 0.1) is 34.2 Å². The summed E-state index contributed by atoms with van der Waals surface area (Å²) < 4.78 is 24.5. The minimum Gasteiger partial charge on any atom is -0.479 e. The van der Waals surface area contributed by atoms with Gasteiger partial charge in [-0.2, -0.15) is 4.68 Å². The Morgan fingerprint density at radius 3 is 2.35 bits per heavy atom. The van der Waals surface area contributed by atoms with Crippen LogP contribution in [0.3, 0.4) is 0 Å². The number of terminal acetylenes is 1. The molecule has 1 fully saturated rings. The van der Waals surface area contributed by atoms with Gasteiger partial charge in [-0.15, -0.1) is 23.1 Å². The molecule has 1 atom stereocenters. The average Bonchev–Trinajstić information content (AvgIpc) is 3.94. The molecule has 57 heavy (non-hydrogen) atoms. The van der Waals surface area contributed by atoms with Gasteiger partial charge in [0.1, 0.15) is 48.4 Å². The summed E-state index contributed by atoms with van der Waals surface area (Å²) in [5, 5.41) is 5.04. The van der Waals surface area contributed by atoms with Crippen LogP contribution in [-0.4, -0.2) is 74.5 Å². The maximum Gasteiger partial charge on any atom is 0.350 e. The summed E-state index contributed by atoms with van der Waals surface area (Å²) in [6, 6.07) is 12.8. The van der Waals surface area contributed by atoms with Crippen molar-refractivity contribution in [3.8, 4) is 23.8 Å². The standard InChI is InChI=1S/C15H13Cl2N3O2.C14H20ClNO2.C11H13Cl2NO3/c1-2-7-22-13-9-12(10(16)8-11(13)17)20-15(21)19-6-4-3-5-14(19)18-20;1-4-11-7-6-8-12(5-2)14(11)16(10-18-3)13(17)9-15;1-11(2)14(10(15)9(12)13)6-8(17-11)7-4-3-5-16-7/h1,8-9H,3-7H2;6-8H,4-5,9-10H2,1-3H3;3-5,8-9H,6H2,1-2H3. The number of hydrogen-bond donors (Lipinski definition) is 0. The van der Waals surface area contributed by atoms with E-state index < -0.39 is 10.6 Å². The van der Waals surface area contributed by atoms with Crippen molar-refractivity contribution in [1.29, 1.82) is 0 Å². The number of aromatic nitrogens is 3. The highest BCUT2D eigenvalue weighted by molar-refractivity contribution is 6.53. The normalized spacial score (nSPS) is 15.5. The quantitative estimate of drug-likeness (QED) is 0.0837. The van der Waals surface area contributed by atoms with Gasteiger partial charge in [0.25, 0.3) is 5.91 Å². The molecule has 1 saturated heterocycles. The maximum atomic E-state index is 12.5. The summed E-state index contributed by atoms with van der Waals surface area (Å²) >= 11 is 29.2. The summed E-state index contributed by atoms with van der Waals surface area (Å²) in [5.74, 6) is 3.68. The predicted octanol–water partition coefficient (Wildman–Crippen LogP) is 8.40. The van der Waals surface area contributed by atoms with E-state index >= 15 is 0 Å². The number of benzene rings is 2. The number of para-hydroxylation sites is 1. The molecule has 4 aromatic rings. The van der Waals surface area contributed by atoms with Crippen molar-refractivity contribution in [3.05, 3.63) is 92.0 Å². The number of nitrogens with zero attached hydrogens (tertiary/aromatic N) is 5. The molecule has 2 aliphatic heterocycles. The molecule has 2 aliphatic rings. The molecule has 17 heteroatoms. The topological polar surface area (TPSA) is 121 Å². The Kier molecular flexibility index (Phi) is 17.3. The van der Waals surface area contributed by atoms with Crippen molar-refractivity contribution in [2.45, 2.75) is 83.0 Å². The van der Waals surface area contributed by atoms with Crippen molar-refractivity contribution < 1.29 is 28.2 Å². The molecular weight excluding hydrogens is 840 g/mol. The third-order valence-corrected chi connectivity index (χ3v) is 10.4. The van der Waals surface area contributed by atoms with Gasteiger partial charge >= 0.3 is 5.69 Å². The molecule has 6 rings (SSSR count). The molecule has 4 heterocycles. The van der Waals surface area contributed by atoms with Crippen molar-refractivity contribution in [2.24, 2.45) is 0 Å². The lowest BCUT2D eigenvalue weighted by atomic mass is 10.0. The van der Waals surface area contributed by atoms with Crippen LogP contribution in [0, 0.1) is 12.3 Å². The van der Waals surface area contributed by atoms with E-state index in [4.69, 9.17) is 83.1 Å². The van der Waals surface area contributed by atoms with Crippen LogP contribution in [0.25, 0.3) is 5.69 Å². The Labute approximate surface area is 357 Å². The largest absolute Gasteiger partial charge is 0.479 e. The predicted molar refractivity (Wildman–Crippen MR) is 224 cm³/mol. The Hall–Kier alpha value is -3.67. The Morgan fingerprint density at radius 2 is 1.79 bits per heavy atom. The van der Waals surface area contributed by atoms with Gasteiger partial charge in [-0.05, 0) is 68.9 Å². The molecule has 2 aromatic carbocycles. The molecule has 308 valence electrons. The highest BCUT2D eigenvalue weighted by Crippen LogP contribution is 2.37. The van der Waals surface area contributed by atoms with Gasteiger partial charge in [-0.25, -0.2) is 4.79 Å². The first-order valence-corrected chi connectivity index (χ1v) is 20.4. The molecule has 0 spiro atoms. The minimum atomic E-state index is -1.08. The number of amides is 2. The van der Waals surface area contributed by atoms with E-state index in [1.807, 2.05) is 24.3 Å². The number of aryl methyl sites for hydroxylation is 3. The number of carbonyl (C=O) groups is 2. The summed E-state index contributed by atoms with van der Waals surface area (Å²) in [6.45, 7) is 9.12. The van der Waals surface area contributed by atoms with Crippen LogP contribution in [0.15, 0.2) is 57.9 Å². The second-order valence-electron chi connectivity index (χ2n) is 13.3. The molecule has 0 saturated carbocycles. The lowest BCUT2D eigenvalue weighted by molar-refractivity contribution is -0.144. The minimum absolute atomic E-state index is 0.0371. The van der Waals surface area contributed by atoms with Crippen molar-refractivity contribution in [1.82, 2.24) is 19.2 Å². The second kappa shape index (κ2) is 21.4. The molecule has 12 nitrogen and oxygen atoms in total. The highest BCUT2D eigenvalue weighted by atomic mass is 35.5. The fourth-order valence-corrected chi connectivity index (χ4v) is 7.32. The summed E-state index contributed by atoms with van der Waals surface area (Å²) in [7, 11) is 1.58. The molecule has 1 unspecified atom stereocenters. The van der Waals surface area contributed by atoms with Gasteiger partial charge in [-0.3, -0.25) is 19.1 Å². The number of methoxy groups -OCH3 is 1. The van der Waals surface area contributed by atoms with E-state index in [9.17, 15) is 14.4 Å². The first-order chi connectivity index (χ1) is 27.2. The van der Waals surface area contributed by atoms with Gasteiger partial charge in [-0.1, -0.05) is 84.4 Å². The number of anilines is 1. The number of hydrogen-bond acceptors (Lipinski definition) is 8. The monoisotopic (exact) mass is 883 g/mol. The van der Waals surface area contributed by atoms with E-state index in [0.717, 1.165) is 54.7 Å². The van der Waals surface area contributed by atoms with E-state index in [0.29, 0.717) is 40.3 Å². The Morgan fingerprint density at radius 1 is 1.09 bits per heavy atom. The van der Waals surface area contributed by atoms with Gasteiger partial charge in [0.2, 0.25) is 5.91 Å². The highest BCUT2D eigenvalue weighted by Gasteiger charge is 2.45. The Bertz CT molecular complexity index is 2050. The number of halogens is 5. The van der Waals surface area contributed by atoms with E-state index in [2.05, 4.69) is 24.9 Å². The maximum absolute atomic E-state index is 12.5. The molecular formula is C40H46Cl5N5O7. The molecule has 0 aliphatic carbocycles. The van der Waals surface area contributed by atoms with Crippen LogP contribution in [0.4, 0.5) is 5.69 Å². The fourth-order valence-electron chi connectivity index (χ4n) is 6.42. The molecule has 2 aromatic heterocycles. The first kappa shape index (κ1) is 46.0. The number of ether oxygens (including phenoxy) is 3. The summed E-state index contributed by atoms with van der Waals surface area (Å²) in [6.07, 6.45) is 11.0. The Balaban J connectivity index is 0.000000192. The lowest BCUT2D eigenvalue weighted by Crippen LogP contribution is -2.45. The number of fused-ring (bicyclic) bond motifs is 1. The zero-order valence-corrected chi connectivity index (χ0v) is 36.2. The van der Waals surface area contributed by atoms with Crippen molar-refractivity contribution >= 4 is 75.5 Å². The lowest BCUT2D eigenvalue weighted by Gasteiger charge is -2.29. The number of alkyl halides is 3. The number of rotatable bonds is 11. The van der Waals surface area contributed by atoms with Crippen LogP contribution >= 0.6 is 58.0 Å². The fraction of sp³-hybridized carbons (Fsp3) is 0.450. The van der Waals surface area contributed by atoms with E-state index in [-0.39, 0.29) is 42.8 Å². The third kappa shape index (κ3) is 11.3. The smallest absolute Gasteiger partial charge is 0.350 e. The van der Waals surface area contributed by atoms with E-state index in [1.54, 1.807) is 48.8 Å². The number of furan rings is 1. The summed E-state index contributed by atoms with van der Waals surface area (Å²) in [4.78, 5) is 38.3. The summed E-state index contributed by atoms with van der Waals surface area (Å²) in [5.41, 5.74) is 2.73. The second-order valence-corrected chi connectivity index (χ2v) is 15.4.